The Labute approximate surface area is 371 Å². The number of aliphatic hydroxyl groups is 1. The van der Waals surface area contributed by atoms with Crippen LogP contribution in [0.25, 0.3) is 22.1 Å². The van der Waals surface area contributed by atoms with Crippen molar-refractivity contribution in [1.82, 2.24) is 38.8 Å². The molecule has 64 heavy (non-hydrogen) atoms. The van der Waals surface area contributed by atoms with Crippen LogP contribution in [0.3, 0.4) is 0 Å². The van der Waals surface area contributed by atoms with Gasteiger partial charge in [0.15, 0.2) is 0 Å². The average Bonchev–Trinajstić information content (AvgIpc) is 3.77. The number of carbonyl (C=O) groups excluding carboxylic acids is 2. The Morgan fingerprint density at radius 1 is 0.891 bits per heavy atom. The van der Waals surface area contributed by atoms with E-state index in [-0.39, 0.29) is 42.7 Å². The van der Waals surface area contributed by atoms with E-state index < -0.39 is 24.5 Å². The molecule has 15 nitrogen and oxygen atoms in total. The number of alkyl halides is 3. The minimum Gasteiger partial charge on any atom is -0.393 e. The molecule has 1 atom stereocenters. The van der Waals surface area contributed by atoms with Gasteiger partial charge < -0.3 is 29.4 Å². The molecule has 0 radical (unpaired) electrons. The molecule has 2 aliphatic heterocycles. The molecule has 2 saturated carbocycles. The van der Waals surface area contributed by atoms with Crippen molar-refractivity contribution < 1.29 is 37.3 Å². The summed E-state index contributed by atoms with van der Waals surface area (Å²) in [5.41, 5.74) is 4.28. The number of hydrogen-bond donors (Lipinski definition) is 3. The fraction of sp³-hybridized carbons (Fsp3) is 0.674. The van der Waals surface area contributed by atoms with Crippen molar-refractivity contribution in [1.29, 1.82) is 0 Å². The van der Waals surface area contributed by atoms with Gasteiger partial charge in [-0.3, -0.25) is 28.9 Å². The number of benzene rings is 1. The highest BCUT2D eigenvalue weighted by molar-refractivity contribution is 6.00. The largest absolute Gasteiger partial charge is 0.393 e. The zero-order chi connectivity index (χ0) is 44.8. The maximum Gasteiger partial charge on any atom is 0.390 e. The number of piperidine rings is 1. The first-order valence-electron chi connectivity index (χ1n) is 23.4. The summed E-state index contributed by atoms with van der Waals surface area (Å²) in [5.74, 6) is 0.515. The number of fused-ring (bicyclic) bond motifs is 2. The fourth-order valence-electron chi connectivity index (χ4n) is 10.3. The second-order valence-electron chi connectivity index (χ2n) is 18.4. The molecule has 4 aliphatic rings. The van der Waals surface area contributed by atoms with E-state index in [0.717, 1.165) is 126 Å². The van der Waals surface area contributed by atoms with Gasteiger partial charge >= 0.3 is 11.9 Å². The van der Waals surface area contributed by atoms with E-state index in [0.29, 0.717) is 50.2 Å². The molecule has 2 amide bonds. The number of imidazole rings is 1. The van der Waals surface area contributed by atoms with E-state index in [2.05, 4.69) is 36.2 Å². The van der Waals surface area contributed by atoms with Crippen LogP contribution in [0.15, 0.2) is 35.4 Å². The summed E-state index contributed by atoms with van der Waals surface area (Å²) in [7, 11) is 1.70. The highest BCUT2D eigenvalue weighted by Crippen LogP contribution is 2.42. The first kappa shape index (κ1) is 46.2. The number of aliphatic hydroxyl groups excluding tert-OH is 1. The Morgan fingerprint density at radius 2 is 1.62 bits per heavy atom. The number of carbonyl (C=O) groups is 2. The number of nitrogens with one attached hydrogen (secondary N) is 2. The van der Waals surface area contributed by atoms with Crippen LogP contribution >= 0.6 is 0 Å². The van der Waals surface area contributed by atoms with E-state index in [1.165, 1.54) is 10.1 Å². The summed E-state index contributed by atoms with van der Waals surface area (Å²) in [6, 6.07) is 5.37. The second-order valence-corrected chi connectivity index (χ2v) is 18.4. The fourth-order valence-corrected chi connectivity index (χ4v) is 10.3. The first-order chi connectivity index (χ1) is 30.9. The highest BCUT2D eigenvalue weighted by atomic mass is 19.4. The number of anilines is 1. The van der Waals surface area contributed by atoms with Gasteiger partial charge in [0.05, 0.1) is 43.4 Å². The number of imide groups is 1. The minimum absolute atomic E-state index is 0.197. The number of halogens is 3. The third kappa shape index (κ3) is 11.4. The molecule has 350 valence electrons. The van der Waals surface area contributed by atoms with Crippen molar-refractivity contribution in [2.75, 3.05) is 77.6 Å². The van der Waals surface area contributed by atoms with Crippen molar-refractivity contribution in [3.8, 4) is 0 Å². The number of hydrogen-bond acceptors (Lipinski definition) is 11. The van der Waals surface area contributed by atoms with Crippen molar-refractivity contribution in [2.24, 2.45) is 13.0 Å². The lowest BCUT2D eigenvalue weighted by atomic mass is 9.78. The second kappa shape index (κ2) is 20.9. The number of aromatic nitrogens is 5. The summed E-state index contributed by atoms with van der Waals surface area (Å²) >= 11 is 0. The van der Waals surface area contributed by atoms with Gasteiger partial charge in [0.25, 0.3) is 0 Å². The Kier molecular flexibility index (Phi) is 15.1. The topological polar surface area (TPSA) is 161 Å². The van der Waals surface area contributed by atoms with Crippen LogP contribution in [0, 0.1) is 5.92 Å². The molecular weight excluding hydrogens is 832 g/mol. The lowest BCUT2D eigenvalue weighted by Gasteiger charge is -2.38. The Bertz CT molecular complexity index is 2270. The molecule has 2 saturated heterocycles. The number of ether oxygens (including phenoxy) is 2. The summed E-state index contributed by atoms with van der Waals surface area (Å²) < 4.78 is 55.4. The van der Waals surface area contributed by atoms with Gasteiger partial charge in [0, 0.05) is 89.7 Å². The molecule has 1 aromatic carbocycles. The number of rotatable bonds is 18. The summed E-state index contributed by atoms with van der Waals surface area (Å²) in [6.45, 7) is 8.27. The van der Waals surface area contributed by atoms with Crippen molar-refractivity contribution >= 4 is 39.8 Å². The molecule has 2 aliphatic carbocycles. The van der Waals surface area contributed by atoms with Crippen LogP contribution < -0.4 is 16.3 Å². The van der Waals surface area contributed by atoms with Crippen LogP contribution in [0.5, 0.6) is 0 Å². The van der Waals surface area contributed by atoms with Gasteiger partial charge in [0.2, 0.25) is 17.8 Å². The van der Waals surface area contributed by atoms with Gasteiger partial charge in [0.1, 0.15) is 11.7 Å². The molecule has 8 rings (SSSR count). The van der Waals surface area contributed by atoms with Gasteiger partial charge in [-0.15, -0.1) is 0 Å². The zero-order valence-corrected chi connectivity index (χ0v) is 37.0. The summed E-state index contributed by atoms with van der Waals surface area (Å²) in [5, 5.41) is 16.3. The molecule has 4 aromatic rings. The Balaban J connectivity index is 0.707. The quantitative estimate of drug-likeness (QED) is 0.0860. The van der Waals surface area contributed by atoms with Crippen molar-refractivity contribution in [3.63, 3.8) is 0 Å². The van der Waals surface area contributed by atoms with Crippen LogP contribution in [0.1, 0.15) is 106 Å². The molecule has 4 fully saturated rings. The zero-order valence-electron chi connectivity index (χ0n) is 37.0. The van der Waals surface area contributed by atoms with Crippen molar-refractivity contribution in [2.45, 2.75) is 114 Å². The molecule has 18 heteroatoms. The number of aryl methyl sites for hydroxylation is 2. The first-order valence-corrected chi connectivity index (χ1v) is 23.4. The van der Waals surface area contributed by atoms with Crippen LogP contribution in [0.2, 0.25) is 0 Å². The molecule has 5 heterocycles. The maximum atomic E-state index is 13.0. The van der Waals surface area contributed by atoms with Gasteiger partial charge in [-0.25, -0.2) is 9.78 Å². The van der Waals surface area contributed by atoms with Gasteiger partial charge in [-0.2, -0.15) is 18.2 Å². The highest BCUT2D eigenvalue weighted by Gasteiger charge is 2.33. The monoisotopic (exact) mass is 895 g/mol. The van der Waals surface area contributed by atoms with E-state index in [1.807, 2.05) is 18.2 Å². The minimum atomic E-state index is -4.25. The van der Waals surface area contributed by atoms with E-state index >= 15 is 0 Å². The Morgan fingerprint density at radius 3 is 2.36 bits per heavy atom. The van der Waals surface area contributed by atoms with Crippen LogP contribution in [-0.4, -0.2) is 135 Å². The summed E-state index contributed by atoms with van der Waals surface area (Å²) in [6.07, 6.45) is 8.33. The van der Waals surface area contributed by atoms with E-state index in [4.69, 9.17) is 14.5 Å². The molecule has 0 unspecified atom stereocenters. The lowest BCUT2D eigenvalue weighted by Crippen LogP contribution is -2.48. The normalized spacial score (nSPS) is 24.2. The standard InChI is InChI=1S/C46H64F3N9O6/c1-54-40-27-31(6-13-38(40)58(45(54)62)39-14-15-41(60)52-43(39)61)3-2-23-63-25-26-64-24-22-55-18-20-56(21-19-55)29-32-4-7-33(8-5-32)37-30-57(34-9-11-35(59)12-10-34)42-36(37)28-51-44(53-42)50-17-16-46(47,48)49/h6,13,27-28,30,32-35,39,59H,2-5,7-12,14-26,29H2,1H3,(H,50,51,53)(H,52,60,61)/t32?,33?,34?,35?,39-/m0/s1. The third-order valence-electron chi connectivity index (χ3n) is 14.0. The predicted molar refractivity (Wildman–Crippen MR) is 236 cm³/mol. The third-order valence-corrected chi connectivity index (χ3v) is 14.0. The van der Waals surface area contributed by atoms with Crippen molar-refractivity contribution in [3.05, 3.63) is 52.2 Å². The number of piperazine rings is 1. The molecule has 0 bridgehead atoms. The Hall–Kier alpha value is -4.36. The van der Waals surface area contributed by atoms with Gasteiger partial charge in [-0.05, 0) is 106 Å². The van der Waals surface area contributed by atoms with Crippen LogP contribution in [0.4, 0.5) is 19.1 Å². The SMILES string of the molecule is Cn1c(=O)n([C@H]2CCC(=O)NC2=O)c2ccc(CCCOCCOCCN3CCN(CC4CCC(c5cn(C6CCC(O)CC6)c6nc(NCCC(F)(F)F)ncc56)CC4)CC3)cc21. The molecule has 0 spiro atoms. The lowest BCUT2D eigenvalue weighted by molar-refractivity contribution is -0.136. The summed E-state index contributed by atoms with van der Waals surface area (Å²) in [4.78, 5) is 51.4. The van der Waals surface area contributed by atoms with Crippen LogP contribution in [-0.2, 0) is 32.5 Å². The number of nitrogens with zero attached hydrogens (tertiary/aromatic N) is 7. The van der Waals surface area contributed by atoms with E-state index in [1.54, 1.807) is 17.8 Å². The smallest absolute Gasteiger partial charge is 0.390 e. The molecular formula is C46H64F3N9O6. The van der Waals surface area contributed by atoms with Gasteiger partial charge in [-0.1, -0.05) is 6.07 Å². The predicted octanol–water partition coefficient (Wildman–Crippen LogP) is 5.46. The van der Waals surface area contributed by atoms with E-state index in [9.17, 15) is 32.7 Å². The average molecular weight is 896 g/mol. The molecule has 3 N–H and O–H groups in total. The maximum absolute atomic E-state index is 13.0. The molecule has 3 aromatic heterocycles. The number of amides is 2.